The number of alkyl carbamates (subject to hydrolysis) is 1. The molecule has 16 nitrogen and oxygen atoms in total. The summed E-state index contributed by atoms with van der Waals surface area (Å²) in [6.07, 6.45) is -4.68. The number of carbonyl (C=O) groups is 5. The van der Waals surface area contributed by atoms with Crippen LogP contribution in [0, 0.1) is 23.7 Å². The van der Waals surface area contributed by atoms with E-state index < -0.39 is 102 Å². The van der Waals surface area contributed by atoms with Gasteiger partial charge >= 0.3 is 24.1 Å². The van der Waals surface area contributed by atoms with Crippen molar-refractivity contribution in [3.8, 4) is 0 Å². The molecule has 330 valence electrons. The smallest absolute Gasteiger partial charge is 0.408 e. The summed E-state index contributed by atoms with van der Waals surface area (Å²) in [5, 5.41) is 8.71. The van der Waals surface area contributed by atoms with E-state index in [1.807, 2.05) is 83.9 Å². The van der Waals surface area contributed by atoms with Crippen LogP contribution >= 0.6 is 0 Å². The SMILES string of the molecule is CC[C@H]1OC(=O)[C@H](C)[C@H]2OCC(NC(=O)NCc3ccccc3)CO[C@](C)(C[C@@H](C)C(=O)[C@H](C)[C@H]3NC(=O)O[C@@]31C)[C@H](O[C@@H]1O[C@H](C)C[C@H](N(C)C)[C@H]1OC(C)=O)[C@H]2C. The van der Waals surface area contributed by atoms with Crippen molar-refractivity contribution < 1.29 is 57.1 Å². The van der Waals surface area contributed by atoms with Gasteiger partial charge in [0.25, 0.3) is 0 Å². The highest BCUT2D eigenvalue weighted by Gasteiger charge is 2.58. The third-order valence-electron chi connectivity index (χ3n) is 12.6. The minimum absolute atomic E-state index is 0.0476. The van der Waals surface area contributed by atoms with Crippen LogP contribution in [0.4, 0.5) is 9.59 Å². The van der Waals surface area contributed by atoms with Crippen molar-refractivity contribution in [3.05, 3.63) is 35.9 Å². The molecule has 0 spiro atoms. The zero-order chi connectivity index (χ0) is 43.4. The third kappa shape index (κ3) is 10.6. The second kappa shape index (κ2) is 19.3. The summed E-state index contributed by atoms with van der Waals surface area (Å²) in [6.45, 7) is 16.0. The van der Waals surface area contributed by atoms with Crippen LogP contribution in [0.3, 0.4) is 0 Å². The number of nitrogens with zero attached hydrogens (tertiary/aromatic N) is 1. The Morgan fingerprint density at radius 1 is 1.00 bits per heavy atom. The van der Waals surface area contributed by atoms with Gasteiger partial charge in [-0.25, -0.2) is 9.59 Å². The van der Waals surface area contributed by atoms with Crippen LogP contribution in [0.15, 0.2) is 30.3 Å². The molecule has 3 N–H and O–H groups in total. The van der Waals surface area contributed by atoms with Gasteiger partial charge in [-0.05, 0) is 66.6 Å². The number of benzene rings is 1. The molecule has 5 rings (SSSR count). The molecule has 4 saturated heterocycles. The molecule has 2 bridgehead atoms. The van der Waals surface area contributed by atoms with E-state index in [1.54, 1.807) is 20.8 Å². The number of rotatable bonds is 8. The summed E-state index contributed by atoms with van der Waals surface area (Å²) in [5.74, 6) is -4.29. The lowest BCUT2D eigenvalue weighted by Crippen LogP contribution is -2.61. The highest BCUT2D eigenvalue weighted by molar-refractivity contribution is 5.85. The Morgan fingerprint density at radius 2 is 1.69 bits per heavy atom. The molecule has 0 saturated carbocycles. The maximum atomic E-state index is 14.6. The summed E-state index contributed by atoms with van der Waals surface area (Å²) in [6, 6.07) is 7.27. The van der Waals surface area contributed by atoms with Crippen molar-refractivity contribution in [3.63, 3.8) is 0 Å². The van der Waals surface area contributed by atoms with Crippen LogP contribution in [0.2, 0.25) is 0 Å². The fourth-order valence-electron chi connectivity index (χ4n) is 9.53. The lowest BCUT2D eigenvalue weighted by Gasteiger charge is -2.49. The van der Waals surface area contributed by atoms with E-state index in [2.05, 4.69) is 16.0 Å². The van der Waals surface area contributed by atoms with Gasteiger partial charge in [0.1, 0.15) is 11.9 Å². The normalized spacial score (nSPS) is 39.6. The summed E-state index contributed by atoms with van der Waals surface area (Å²) in [4.78, 5) is 69.7. The first kappa shape index (κ1) is 46.2. The average Bonchev–Trinajstić information content (AvgIpc) is 3.51. The number of likely N-dealkylation sites (N-methyl/N-ethyl adjacent to an activating group) is 1. The molecule has 1 aromatic carbocycles. The first-order valence-corrected chi connectivity index (χ1v) is 21.0. The second-order valence-electron chi connectivity index (χ2n) is 17.6. The topological polar surface area (TPSA) is 189 Å². The number of hydrogen-bond acceptors (Lipinski definition) is 13. The molecular formula is C43H66N4O12. The predicted octanol–water partition coefficient (Wildman–Crippen LogP) is 4.12. The van der Waals surface area contributed by atoms with Gasteiger partial charge in [-0.3, -0.25) is 14.4 Å². The minimum atomic E-state index is -1.35. The van der Waals surface area contributed by atoms with Gasteiger partial charge in [-0.15, -0.1) is 0 Å². The van der Waals surface area contributed by atoms with E-state index in [9.17, 15) is 24.0 Å². The first-order valence-electron chi connectivity index (χ1n) is 21.0. The maximum Gasteiger partial charge on any atom is 0.408 e. The Balaban J connectivity index is 1.59. The van der Waals surface area contributed by atoms with Gasteiger partial charge in [0.15, 0.2) is 18.0 Å². The minimum Gasteiger partial charge on any atom is -0.458 e. The number of ether oxygens (including phenoxy) is 7. The zero-order valence-corrected chi connectivity index (χ0v) is 36.5. The van der Waals surface area contributed by atoms with Gasteiger partial charge in [-0.1, -0.05) is 58.0 Å². The van der Waals surface area contributed by atoms with E-state index in [0.29, 0.717) is 12.8 Å². The number of fused-ring (bicyclic) bond motifs is 4. The van der Waals surface area contributed by atoms with Crippen molar-refractivity contribution in [1.29, 1.82) is 0 Å². The Morgan fingerprint density at radius 3 is 2.34 bits per heavy atom. The highest BCUT2D eigenvalue weighted by Crippen LogP contribution is 2.42. The van der Waals surface area contributed by atoms with Crippen molar-refractivity contribution in [2.45, 2.75) is 154 Å². The van der Waals surface area contributed by atoms with Crippen molar-refractivity contribution in [2.24, 2.45) is 23.7 Å². The Labute approximate surface area is 348 Å². The number of hydrogen-bond donors (Lipinski definition) is 3. The number of nitrogens with one attached hydrogen (secondary N) is 3. The predicted molar refractivity (Wildman–Crippen MR) is 215 cm³/mol. The van der Waals surface area contributed by atoms with Crippen LogP contribution in [-0.4, -0.2) is 128 Å². The number of carbonyl (C=O) groups excluding carboxylic acids is 5. The molecule has 1 unspecified atom stereocenters. The second-order valence-corrected chi connectivity index (χ2v) is 17.6. The lowest BCUT2D eigenvalue weighted by atomic mass is 9.73. The van der Waals surface area contributed by atoms with Crippen LogP contribution in [0.1, 0.15) is 87.1 Å². The van der Waals surface area contributed by atoms with E-state index in [1.165, 1.54) is 6.92 Å². The monoisotopic (exact) mass is 830 g/mol. The fraction of sp³-hybridized carbons (Fsp3) is 0.744. The number of amides is 3. The van der Waals surface area contributed by atoms with Gasteiger partial charge in [0, 0.05) is 31.2 Å². The molecule has 1 aromatic rings. The van der Waals surface area contributed by atoms with Crippen LogP contribution in [0.5, 0.6) is 0 Å². The van der Waals surface area contributed by atoms with Crippen molar-refractivity contribution in [2.75, 3.05) is 27.3 Å². The Hall–Kier alpha value is -3.83. The van der Waals surface area contributed by atoms with Gasteiger partial charge in [0.2, 0.25) is 0 Å². The lowest BCUT2D eigenvalue weighted by molar-refractivity contribution is -0.304. The summed E-state index contributed by atoms with van der Waals surface area (Å²) < 4.78 is 45.1. The number of cyclic esters (lactones) is 1. The molecule has 4 heterocycles. The number of urea groups is 1. The molecule has 4 aliphatic heterocycles. The van der Waals surface area contributed by atoms with Gasteiger partial charge in [0.05, 0.1) is 61.2 Å². The van der Waals surface area contributed by atoms with Crippen molar-refractivity contribution >= 4 is 29.8 Å². The quantitative estimate of drug-likeness (QED) is 0.251. The third-order valence-corrected chi connectivity index (χ3v) is 12.6. The van der Waals surface area contributed by atoms with Crippen LogP contribution in [-0.2, 0) is 54.1 Å². The zero-order valence-electron chi connectivity index (χ0n) is 36.5. The van der Waals surface area contributed by atoms with E-state index >= 15 is 0 Å². The molecule has 4 fully saturated rings. The largest absolute Gasteiger partial charge is 0.458 e. The highest BCUT2D eigenvalue weighted by atomic mass is 16.7. The molecule has 0 aromatic heterocycles. The van der Waals surface area contributed by atoms with Gasteiger partial charge < -0.3 is 54.0 Å². The maximum absolute atomic E-state index is 14.6. The van der Waals surface area contributed by atoms with Crippen LogP contribution < -0.4 is 16.0 Å². The van der Waals surface area contributed by atoms with Crippen LogP contribution in [0.25, 0.3) is 0 Å². The Bertz CT molecular complexity index is 1650. The molecule has 0 radical (unpaired) electrons. The first-order chi connectivity index (χ1) is 27.8. The average molecular weight is 831 g/mol. The van der Waals surface area contributed by atoms with E-state index in [4.69, 9.17) is 33.2 Å². The summed E-state index contributed by atoms with van der Waals surface area (Å²) >= 11 is 0. The van der Waals surface area contributed by atoms with Gasteiger partial charge in [-0.2, -0.15) is 0 Å². The molecule has 16 heteroatoms. The van der Waals surface area contributed by atoms with E-state index in [-0.39, 0.29) is 44.1 Å². The standard InChI is InChI=1S/C43H66N4O12/c1-12-32-43(9)36(46-41(52)59-43)25(4)33(49)23(2)19-42(8)37(58-39-35(56-28(7)48)31(47(10)11)18-24(3)55-39)26(5)34(27(6)38(50)57-32)53-21-30(22-54-42)45-40(51)44-20-29-16-14-13-15-17-29/h13-17,23-27,30-32,34-37,39H,12,18-22H2,1-11H3,(H,46,52)(H2,44,45,51)/t23-,24-,25+,26+,27-,30?,31+,32-,34+,35-,36-,37-,39+,42-,43-/m1/s1. The van der Waals surface area contributed by atoms with E-state index in [0.717, 1.165) is 5.56 Å². The molecule has 3 amide bonds. The number of ketones is 1. The molecule has 0 aliphatic carbocycles. The number of esters is 2. The molecular weight excluding hydrogens is 764 g/mol. The van der Waals surface area contributed by atoms with Crippen molar-refractivity contribution in [1.82, 2.24) is 20.9 Å². The molecule has 59 heavy (non-hydrogen) atoms. The fourth-order valence-corrected chi connectivity index (χ4v) is 9.53. The summed E-state index contributed by atoms with van der Waals surface area (Å²) in [5.41, 5.74) is -1.75. The number of Topliss-reactive ketones (excluding diaryl/α,β-unsaturated/α-hetero) is 1. The molecule has 4 aliphatic rings. The summed E-state index contributed by atoms with van der Waals surface area (Å²) in [7, 11) is 3.80. The molecule has 15 atom stereocenters. The Kier molecular flexibility index (Phi) is 15.1.